The number of aromatic nitrogens is 2. The lowest BCUT2D eigenvalue weighted by Crippen LogP contribution is -2.43. The van der Waals surface area contributed by atoms with Gasteiger partial charge in [0, 0.05) is 31.3 Å². The summed E-state index contributed by atoms with van der Waals surface area (Å²) < 4.78 is 7.57. The van der Waals surface area contributed by atoms with Crippen LogP contribution in [0.1, 0.15) is 40.5 Å². The van der Waals surface area contributed by atoms with Crippen molar-refractivity contribution in [3.8, 4) is 0 Å². The van der Waals surface area contributed by atoms with E-state index in [1.807, 2.05) is 23.6 Å². The maximum atomic E-state index is 12.9. The minimum Gasteiger partial charge on any atom is -0.377 e. The number of aryl methyl sites for hydroxylation is 4. The van der Waals surface area contributed by atoms with Gasteiger partial charge in [-0.1, -0.05) is 29.8 Å². The van der Waals surface area contributed by atoms with Gasteiger partial charge in [0.15, 0.2) is 0 Å². The van der Waals surface area contributed by atoms with E-state index in [1.165, 1.54) is 11.1 Å². The summed E-state index contributed by atoms with van der Waals surface area (Å²) in [5.41, 5.74) is 5.66. The van der Waals surface area contributed by atoms with Gasteiger partial charge in [-0.3, -0.25) is 9.48 Å². The molecular weight excluding hydrogens is 314 g/mol. The van der Waals surface area contributed by atoms with Crippen molar-refractivity contribution in [2.75, 3.05) is 19.8 Å². The zero-order chi connectivity index (χ0) is 18.0. The fourth-order valence-corrected chi connectivity index (χ4v) is 3.68. The molecule has 5 nitrogen and oxygen atoms in total. The standard InChI is InChI=1S/C20H27N3O2/c1-14-6-5-7-17(12-14)8-9-19(24)23-10-11-25-13-18(23)20-15(2)21-22(4)16(20)3/h5-7,12,18H,8-11,13H2,1-4H3/t18-/m0/s1. The molecule has 25 heavy (non-hydrogen) atoms. The van der Waals surface area contributed by atoms with Gasteiger partial charge < -0.3 is 9.64 Å². The first-order valence-corrected chi connectivity index (χ1v) is 8.90. The first-order valence-electron chi connectivity index (χ1n) is 8.90. The Bertz CT molecular complexity index is 766. The van der Waals surface area contributed by atoms with Crippen molar-refractivity contribution in [2.24, 2.45) is 7.05 Å². The van der Waals surface area contributed by atoms with Crippen LogP contribution in [0.5, 0.6) is 0 Å². The zero-order valence-electron chi connectivity index (χ0n) is 15.6. The summed E-state index contributed by atoms with van der Waals surface area (Å²) in [6.45, 7) is 7.93. The van der Waals surface area contributed by atoms with E-state index >= 15 is 0 Å². The van der Waals surface area contributed by atoms with Gasteiger partial charge in [0.25, 0.3) is 0 Å². The van der Waals surface area contributed by atoms with Gasteiger partial charge in [-0.05, 0) is 32.8 Å². The molecule has 1 aromatic carbocycles. The molecule has 1 atom stereocenters. The van der Waals surface area contributed by atoms with Crippen molar-refractivity contribution in [2.45, 2.75) is 39.7 Å². The Labute approximate surface area is 149 Å². The summed E-state index contributed by atoms with van der Waals surface area (Å²) in [5.74, 6) is 0.192. The number of hydrogen-bond acceptors (Lipinski definition) is 3. The van der Waals surface area contributed by atoms with Gasteiger partial charge in [-0.2, -0.15) is 5.10 Å². The van der Waals surface area contributed by atoms with Crippen molar-refractivity contribution < 1.29 is 9.53 Å². The fourth-order valence-electron chi connectivity index (χ4n) is 3.68. The molecule has 5 heteroatoms. The molecule has 0 aliphatic carbocycles. The third-order valence-corrected chi connectivity index (χ3v) is 5.06. The summed E-state index contributed by atoms with van der Waals surface area (Å²) in [5, 5.41) is 4.51. The molecule has 2 aromatic rings. The second-order valence-electron chi connectivity index (χ2n) is 6.88. The van der Waals surface area contributed by atoms with Crippen LogP contribution in [-0.4, -0.2) is 40.3 Å². The first kappa shape index (κ1) is 17.7. The molecule has 134 valence electrons. The van der Waals surface area contributed by atoms with Crippen LogP contribution in [0.25, 0.3) is 0 Å². The normalized spacial score (nSPS) is 17.8. The Morgan fingerprint density at radius 3 is 2.80 bits per heavy atom. The maximum Gasteiger partial charge on any atom is 0.223 e. The van der Waals surface area contributed by atoms with E-state index in [0.717, 1.165) is 23.4 Å². The molecule has 1 amide bonds. The number of ether oxygens (including phenoxy) is 1. The monoisotopic (exact) mass is 341 g/mol. The highest BCUT2D eigenvalue weighted by Gasteiger charge is 2.32. The van der Waals surface area contributed by atoms with E-state index in [2.05, 4.69) is 43.2 Å². The van der Waals surface area contributed by atoms with Gasteiger partial charge in [0.05, 0.1) is 24.9 Å². The SMILES string of the molecule is Cc1cccc(CCC(=O)N2CCOC[C@H]2c2c(C)nn(C)c2C)c1. The Balaban J connectivity index is 1.75. The van der Waals surface area contributed by atoms with Gasteiger partial charge in [-0.25, -0.2) is 0 Å². The fraction of sp³-hybridized carbons (Fsp3) is 0.500. The molecule has 0 saturated carbocycles. The lowest BCUT2D eigenvalue weighted by molar-refractivity contribution is -0.140. The lowest BCUT2D eigenvalue weighted by Gasteiger charge is -2.36. The van der Waals surface area contributed by atoms with E-state index in [0.29, 0.717) is 26.2 Å². The minimum atomic E-state index is -0.0348. The molecule has 1 aliphatic heterocycles. The molecule has 1 aromatic heterocycles. The number of rotatable bonds is 4. The van der Waals surface area contributed by atoms with Crippen LogP contribution >= 0.6 is 0 Å². The van der Waals surface area contributed by atoms with Crippen LogP contribution in [0.4, 0.5) is 0 Å². The highest BCUT2D eigenvalue weighted by molar-refractivity contribution is 5.77. The van der Waals surface area contributed by atoms with Gasteiger partial charge in [0.1, 0.15) is 0 Å². The summed E-state index contributed by atoms with van der Waals surface area (Å²) in [6, 6.07) is 8.34. The molecule has 2 heterocycles. The lowest BCUT2D eigenvalue weighted by atomic mass is 10.0. The largest absolute Gasteiger partial charge is 0.377 e. The molecule has 0 N–H and O–H groups in total. The zero-order valence-corrected chi connectivity index (χ0v) is 15.6. The number of benzene rings is 1. The van der Waals surface area contributed by atoms with Crippen LogP contribution in [0.3, 0.4) is 0 Å². The molecule has 3 rings (SSSR count). The van der Waals surface area contributed by atoms with Crippen molar-refractivity contribution >= 4 is 5.91 Å². The van der Waals surface area contributed by atoms with Crippen LogP contribution in [0, 0.1) is 20.8 Å². The van der Waals surface area contributed by atoms with E-state index < -0.39 is 0 Å². The highest BCUT2D eigenvalue weighted by Crippen LogP contribution is 2.29. The summed E-state index contributed by atoms with van der Waals surface area (Å²) in [4.78, 5) is 14.9. The number of amides is 1. The number of hydrogen-bond donors (Lipinski definition) is 0. The van der Waals surface area contributed by atoms with Crippen LogP contribution < -0.4 is 0 Å². The van der Waals surface area contributed by atoms with E-state index in [4.69, 9.17) is 4.74 Å². The maximum absolute atomic E-state index is 12.9. The highest BCUT2D eigenvalue weighted by atomic mass is 16.5. The van der Waals surface area contributed by atoms with Crippen molar-refractivity contribution in [1.29, 1.82) is 0 Å². The van der Waals surface area contributed by atoms with Crippen LogP contribution in [0.2, 0.25) is 0 Å². The van der Waals surface area contributed by atoms with Gasteiger partial charge >= 0.3 is 0 Å². The average molecular weight is 341 g/mol. The summed E-state index contributed by atoms with van der Waals surface area (Å²) >= 11 is 0. The third kappa shape index (κ3) is 3.76. The Morgan fingerprint density at radius 2 is 2.12 bits per heavy atom. The molecule has 1 fully saturated rings. The van der Waals surface area contributed by atoms with E-state index in [-0.39, 0.29) is 11.9 Å². The predicted molar refractivity (Wildman–Crippen MR) is 97.5 cm³/mol. The minimum absolute atomic E-state index is 0.0348. The quantitative estimate of drug-likeness (QED) is 0.859. The number of morpholine rings is 1. The van der Waals surface area contributed by atoms with Crippen molar-refractivity contribution in [3.05, 3.63) is 52.3 Å². The van der Waals surface area contributed by atoms with E-state index in [9.17, 15) is 4.79 Å². The van der Waals surface area contributed by atoms with Crippen molar-refractivity contribution in [3.63, 3.8) is 0 Å². The van der Waals surface area contributed by atoms with E-state index in [1.54, 1.807) is 0 Å². The Kier molecular flexibility index (Phi) is 5.23. The molecular formula is C20H27N3O2. The molecule has 1 saturated heterocycles. The third-order valence-electron chi connectivity index (χ3n) is 5.06. The van der Waals surface area contributed by atoms with Gasteiger partial charge in [0.2, 0.25) is 5.91 Å². The van der Waals surface area contributed by atoms with Crippen molar-refractivity contribution in [1.82, 2.24) is 14.7 Å². The topological polar surface area (TPSA) is 47.4 Å². The number of nitrogens with zero attached hydrogens (tertiary/aromatic N) is 3. The molecule has 0 spiro atoms. The second-order valence-corrected chi connectivity index (χ2v) is 6.88. The molecule has 0 bridgehead atoms. The second kappa shape index (κ2) is 7.40. The smallest absolute Gasteiger partial charge is 0.223 e. The first-order chi connectivity index (χ1) is 12.0. The van der Waals surface area contributed by atoms with Crippen LogP contribution in [0.15, 0.2) is 24.3 Å². The summed E-state index contributed by atoms with van der Waals surface area (Å²) in [7, 11) is 1.94. The predicted octanol–water partition coefficient (Wildman–Crippen LogP) is 2.88. The Morgan fingerprint density at radius 1 is 1.32 bits per heavy atom. The van der Waals surface area contributed by atoms with Crippen LogP contribution in [-0.2, 0) is 23.0 Å². The molecule has 0 radical (unpaired) electrons. The van der Waals surface area contributed by atoms with Gasteiger partial charge in [-0.15, -0.1) is 0 Å². The Hall–Kier alpha value is -2.14. The number of carbonyl (C=O) groups excluding carboxylic acids is 1. The molecule has 0 unspecified atom stereocenters. The average Bonchev–Trinajstić information content (AvgIpc) is 2.85. The molecule has 1 aliphatic rings. The summed E-state index contributed by atoms with van der Waals surface area (Å²) in [6.07, 6.45) is 1.30. The number of carbonyl (C=O) groups is 1.